The van der Waals surface area contributed by atoms with Crippen molar-refractivity contribution in [2.75, 3.05) is 0 Å². The Hall–Kier alpha value is -2.14. The molecule has 0 radical (unpaired) electrons. The summed E-state index contributed by atoms with van der Waals surface area (Å²) in [7, 11) is 0. The summed E-state index contributed by atoms with van der Waals surface area (Å²) in [6, 6.07) is 11.0. The molecular formula is C16H20N2O3. The molecule has 1 aromatic heterocycles. The Morgan fingerprint density at radius 1 is 1.24 bits per heavy atom. The first-order valence-corrected chi connectivity index (χ1v) is 7.09. The molecule has 5 nitrogen and oxygen atoms in total. The van der Waals surface area contributed by atoms with Gasteiger partial charge in [-0.25, -0.2) is 0 Å². The second kappa shape index (κ2) is 7.04. The highest BCUT2D eigenvalue weighted by molar-refractivity contribution is 5.34. The highest BCUT2D eigenvalue weighted by Gasteiger charge is 2.12. The molecule has 0 bridgehead atoms. The Kier molecular flexibility index (Phi) is 5.11. The third-order valence-corrected chi connectivity index (χ3v) is 3.54. The van der Waals surface area contributed by atoms with Crippen LogP contribution >= 0.6 is 0 Å². The Morgan fingerprint density at radius 3 is 2.52 bits per heavy atom. The van der Waals surface area contributed by atoms with E-state index in [0.717, 1.165) is 24.2 Å². The fourth-order valence-electron chi connectivity index (χ4n) is 2.30. The molecule has 0 fully saturated rings. The first-order chi connectivity index (χ1) is 10.1. The van der Waals surface area contributed by atoms with Gasteiger partial charge in [0, 0.05) is 30.6 Å². The Balaban J connectivity index is 1.85. The van der Waals surface area contributed by atoms with Gasteiger partial charge in [0.1, 0.15) is 5.76 Å². The third-order valence-electron chi connectivity index (χ3n) is 3.54. The lowest BCUT2D eigenvalue weighted by molar-refractivity contribution is -0.384. The van der Waals surface area contributed by atoms with Crippen LogP contribution in [0.5, 0.6) is 0 Å². The van der Waals surface area contributed by atoms with E-state index >= 15 is 0 Å². The molecular weight excluding hydrogens is 268 g/mol. The molecule has 5 heteroatoms. The number of nitrogens with one attached hydrogen (secondary N) is 1. The van der Waals surface area contributed by atoms with E-state index in [2.05, 4.69) is 19.2 Å². The Labute approximate surface area is 124 Å². The molecule has 0 aliphatic heterocycles. The summed E-state index contributed by atoms with van der Waals surface area (Å²) in [6.45, 7) is 4.19. The Bertz CT molecular complexity index is 564. The van der Waals surface area contributed by atoms with Crippen molar-refractivity contribution in [2.24, 2.45) is 0 Å². The van der Waals surface area contributed by atoms with Gasteiger partial charge in [-0.3, -0.25) is 10.1 Å². The molecule has 21 heavy (non-hydrogen) atoms. The fourth-order valence-corrected chi connectivity index (χ4v) is 2.30. The maximum atomic E-state index is 10.6. The predicted molar refractivity (Wildman–Crippen MR) is 81.1 cm³/mol. The summed E-state index contributed by atoms with van der Waals surface area (Å²) in [5.41, 5.74) is 1.17. The largest absolute Gasteiger partial charge is 0.469 e. The number of rotatable bonds is 7. The lowest BCUT2D eigenvalue weighted by atomic mass is 10.1. The third kappa shape index (κ3) is 4.43. The molecule has 0 aliphatic rings. The number of non-ortho nitro benzene ring substituents is 1. The second-order valence-corrected chi connectivity index (χ2v) is 5.26. The molecule has 0 saturated carbocycles. The van der Waals surface area contributed by atoms with Crippen molar-refractivity contribution < 1.29 is 9.34 Å². The van der Waals surface area contributed by atoms with E-state index in [4.69, 9.17) is 4.42 Å². The zero-order chi connectivity index (χ0) is 15.2. The first kappa shape index (κ1) is 15.3. The summed E-state index contributed by atoms with van der Waals surface area (Å²) < 4.78 is 5.32. The zero-order valence-electron chi connectivity index (χ0n) is 12.3. The van der Waals surface area contributed by atoms with Gasteiger partial charge in [-0.2, -0.15) is 0 Å². The minimum atomic E-state index is -0.381. The molecule has 0 saturated heterocycles. The van der Waals surface area contributed by atoms with Crippen LogP contribution in [-0.2, 0) is 6.42 Å². The maximum Gasteiger partial charge on any atom is 0.269 e. The van der Waals surface area contributed by atoms with Crippen LogP contribution in [0.15, 0.2) is 47.1 Å². The highest BCUT2D eigenvalue weighted by atomic mass is 16.6. The average Bonchev–Trinajstić information content (AvgIpc) is 2.98. The van der Waals surface area contributed by atoms with E-state index in [1.165, 1.54) is 0 Å². The predicted octanol–water partition coefficient (Wildman–Crippen LogP) is 3.86. The van der Waals surface area contributed by atoms with Gasteiger partial charge in [0.2, 0.25) is 0 Å². The molecule has 2 atom stereocenters. The lowest BCUT2D eigenvalue weighted by Crippen LogP contribution is -2.29. The van der Waals surface area contributed by atoms with Crippen molar-refractivity contribution in [3.8, 4) is 0 Å². The van der Waals surface area contributed by atoms with Crippen LogP contribution in [0.3, 0.4) is 0 Å². The number of furan rings is 1. The van der Waals surface area contributed by atoms with Crippen LogP contribution in [-0.4, -0.2) is 11.0 Å². The van der Waals surface area contributed by atoms with Crippen molar-refractivity contribution >= 4 is 5.69 Å². The standard InChI is InChI=1S/C16H20N2O3/c1-12(5-10-16-4-3-11-21-16)17-13(2)14-6-8-15(9-7-14)18(19)20/h3-4,6-9,11-13,17H,5,10H2,1-2H3. The van der Waals surface area contributed by atoms with Gasteiger partial charge in [0.25, 0.3) is 5.69 Å². The average molecular weight is 288 g/mol. The van der Waals surface area contributed by atoms with Crippen molar-refractivity contribution in [1.82, 2.24) is 5.32 Å². The summed E-state index contributed by atoms with van der Waals surface area (Å²) in [5, 5.41) is 14.1. The Morgan fingerprint density at radius 2 is 1.95 bits per heavy atom. The molecule has 112 valence electrons. The van der Waals surface area contributed by atoms with Gasteiger partial charge in [0.15, 0.2) is 0 Å². The normalized spacial score (nSPS) is 13.8. The van der Waals surface area contributed by atoms with E-state index in [1.807, 2.05) is 12.1 Å². The molecule has 1 aromatic carbocycles. The van der Waals surface area contributed by atoms with Crippen LogP contribution in [0.4, 0.5) is 5.69 Å². The summed E-state index contributed by atoms with van der Waals surface area (Å²) >= 11 is 0. The van der Waals surface area contributed by atoms with Crippen molar-refractivity contribution in [3.05, 3.63) is 64.1 Å². The van der Waals surface area contributed by atoms with Gasteiger partial charge < -0.3 is 9.73 Å². The van der Waals surface area contributed by atoms with Gasteiger partial charge in [-0.05, 0) is 38.0 Å². The van der Waals surface area contributed by atoms with Crippen LogP contribution in [0.25, 0.3) is 0 Å². The maximum absolute atomic E-state index is 10.6. The lowest BCUT2D eigenvalue weighted by Gasteiger charge is -2.20. The van der Waals surface area contributed by atoms with E-state index in [-0.39, 0.29) is 16.7 Å². The quantitative estimate of drug-likeness (QED) is 0.620. The minimum absolute atomic E-state index is 0.122. The number of hydrogen-bond donors (Lipinski definition) is 1. The van der Waals surface area contributed by atoms with E-state index in [9.17, 15) is 10.1 Å². The van der Waals surface area contributed by atoms with Gasteiger partial charge in [-0.1, -0.05) is 12.1 Å². The topological polar surface area (TPSA) is 68.3 Å². The van der Waals surface area contributed by atoms with Crippen LogP contribution in [0.2, 0.25) is 0 Å². The van der Waals surface area contributed by atoms with Crippen LogP contribution in [0.1, 0.15) is 37.6 Å². The minimum Gasteiger partial charge on any atom is -0.469 e. The molecule has 2 unspecified atom stereocenters. The molecule has 0 aliphatic carbocycles. The molecule has 1 heterocycles. The summed E-state index contributed by atoms with van der Waals surface area (Å²) in [4.78, 5) is 10.3. The van der Waals surface area contributed by atoms with Crippen molar-refractivity contribution in [1.29, 1.82) is 0 Å². The first-order valence-electron chi connectivity index (χ1n) is 7.09. The van der Waals surface area contributed by atoms with Crippen LogP contribution < -0.4 is 5.32 Å². The van der Waals surface area contributed by atoms with E-state index < -0.39 is 0 Å². The molecule has 2 rings (SSSR count). The van der Waals surface area contributed by atoms with Gasteiger partial charge >= 0.3 is 0 Å². The number of nitrogens with zero attached hydrogens (tertiary/aromatic N) is 1. The van der Waals surface area contributed by atoms with Gasteiger partial charge in [0.05, 0.1) is 11.2 Å². The van der Waals surface area contributed by atoms with E-state index in [0.29, 0.717) is 6.04 Å². The van der Waals surface area contributed by atoms with E-state index in [1.54, 1.807) is 30.5 Å². The number of nitro benzene ring substituents is 1. The number of nitro groups is 1. The monoisotopic (exact) mass is 288 g/mol. The fraction of sp³-hybridized carbons (Fsp3) is 0.375. The molecule has 2 aromatic rings. The second-order valence-electron chi connectivity index (χ2n) is 5.26. The molecule has 0 spiro atoms. The van der Waals surface area contributed by atoms with Crippen molar-refractivity contribution in [2.45, 2.75) is 38.8 Å². The van der Waals surface area contributed by atoms with Crippen LogP contribution in [0, 0.1) is 10.1 Å². The number of aryl methyl sites for hydroxylation is 1. The number of benzene rings is 1. The highest BCUT2D eigenvalue weighted by Crippen LogP contribution is 2.18. The van der Waals surface area contributed by atoms with Gasteiger partial charge in [-0.15, -0.1) is 0 Å². The smallest absolute Gasteiger partial charge is 0.269 e. The SMILES string of the molecule is CC(CCc1ccco1)NC(C)c1ccc([N+](=O)[O-])cc1. The molecule has 1 N–H and O–H groups in total. The molecule has 0 amide bonds. The van der Waals surface area contributed by atoms with Crippen molar-refractivity contribution in [3.63, 3.8) is 0 Å². The number of hydrogen-bond acceptors (Lipinski definition) is 4. The zero-order valence-corrected chi connectivity index (χ0v) is 12.3. The summed E-state index contributed by atoms with van der Waals surface area (Å²) in [6.07, 6.45) is 3.56. The summed E-state index contributed by atoms with van der Waals surface area (Å²) in [5.74, 6) is 0.992.